The first-order valence-electron chi connectivity index (χ1n) is 8.48. The van der Waals surface area contributed by atoms with Crippen LogP contribution in [-0.2, 0) is 6.42 Å². The molecule has 0 spiro atoms. The molecule has 0 bridgehead atoms. The normalized spacial score (nSPS) is 10.5. The van der Waals surface area contributed by atoms with E-state index in [0.717, 1.165) is 18.7 Å². The summed E-state index contributed by atoms with van der Waals surface area (Å²) in [5.74, 6) is 2.33. The van der Waals surface area contributed by atoms with Crippen LogP contribution < -0.4 is 15.4 Å². The number of rotatable bonds is 7. The van der Waals surface area contributed by atoms with Crippen LogP contribution in [0.1, 0.15) is 11.4 Å². The maximum Gasteiger partial charge on any atom is 0.141 e. The average molecular weight is 387 g/mol. The van der Waals surface area contributed by atoms with Crippen LogP contribution in [0, 0.1) is 12.7 Å². The fourth-order valence-corrected chi connectivity index (χ4v) is 2.75. The molecular weight excluding hydrogens is 367 g/mol. The van der Waals surface area contributed by atoms with Crippen molar-refractivity contribution < 1.29 is 9.13 Å². The van der Waals surface area contributed by atoms with Gasteiger partial charge in [-0.25, -0.2) is 14.4 Å². The van der Waals surface area contributed by atoms with Crippen molar-refractivity contribution in [2.45, 2.75) is 13.3 Å². The van der Waals surface area contributed by atoms with Crippen LogP contribution in [0.25, 0.3) is 0 Å². The van der Waals surface area contributed by atoms with Gasteiger partial charge < -0.3 is 15.4 Å². The van der Waals surface area contributed by atoms with Gasteiger partial charge in [0.25, 0.3) is 0 Å². The molecule has 0 amide bonds. The molecule has 140 valence electrons. The van der Waals surface area contributed by atoms with Crippen molar-refractivity contribution >= 4 is 28.9 Å². The fraction of sp³-hybridized carbons (Fsp3) is 0.200. The van der Waals surface area contributed by atoms with Crippen molar-refractivity contribution in [3.05, 3.63) is 70.8 Å². The number of methoxy groups -OCH3 is 1. The van der Waals surface area contributed by atoms with Crippen LogP contribution in [0.5, 0.6) is 5.75 Å². The number of aryl methyl sites for hydroxylation is 1. The molecule has 0 radical (unpaired) electrons. The van der Waals surface area contributed by atoms with Gasteiger partial charge in [-0.15, -0.1) is 0 Å². The molecular formula is C20H20ClFN4O. The molecule has 1 heterocycles. The summed E-state index contributed by atoms with van der Waals surface area (Å²) in [5.41, 5.74) is 1.86. The molecule has 5 nitrogen and oxygen atoms in total. The lowest BCUT2D eigenvalue weighted by Crippen LogP contribution is -2.08. The maximum absolute atomic E-state index is 13.3. The van der Waals surface area contributed by atoms with E-state index in [4.69, 9.17) is 16.3 Å². The molecule has 0 atom stereocenters. The number of hydrogen-bond donors (Lipinski definition) is 2. The van der Waals surface area contributed by atoms with E-state index in [-0.39, 0.29) is 5.02 Å². The van der Waals surface area contributed by atoms with E-state index in [1.165, 1.54) is 17.7 Å². The third-order valence-corrected chi connectivity index (χ3v) is 4.20. The predicted molar refractivity (Wildman–Crippen MR) is 107 cm³/mol. The van der Waals surface area contributed by atoms with Crippen molar-refractivity contribution in [3.8, 4) is 5.75 Å². The topological polar surface area (TPSA) is 59.1 Å². The highest BCUT2D eigenvalue weighted by Gasteiger charge is 2.05. The summed E-state index contributed by atoms with van der Waals surface area (Å²) < 4.78 is 18.4. The second-order valence-corrected chi connectivity index (χ2v) is 6.37. The van der Waals surface area contributed by atoms with Crippen LogP contribution >= 0.6 is 11.6 Å². The van der Waals surface area contributed by atoms with Gasteiger partial charge in [-0.1, -0.05) is 23.7 Å². The van der Waals surface area contributed by atoms with Crippen LogP contribution in [0.4, 0.5) is 21.7 Å². The summed E-state index contributed by atoms with van der Waals surface area (Å²) in [7, 11) is 1.65. The van der Waals surface area contributed by atoms with E-state index >= 15 is 0 Å². The van der Waals surface area contributed by atoms with Gasteiger partial charge in [-0.2, -0.15) is 0 Å². The summed E-state index contributed by atoms with van der Waals surface area (Å²) in [6.07, 6.45) is 0.851. The summed E-state index contributed by atoms with van der Waals surface area (Å²) in [4.78, 5) is 8.75. The number of aromatic nitrogens is 2. The smallest absolute Gasteiger partial charge is 0.141 e. The lowest BCUT2D eigenvalue weighted by Gasteiger charge is -2.11. The van der Waals surface area contributed by atoms with Crippen molar-refractivity contribution in [1.82, 2.24) is 9.97 Å². The van der Waals surface area contributed by atoms with Gasteiger partial charge in [0, 0.05) is 18.3 Å². The number of nitrogens with zero attached hydrogens (tertiary/aromatic N) is 2. The molecule has 0 aliphatic carbocycles. The first-order chi connectivity index (χ1) is 13.0. The average Bonchev–Trinajstić information content (AvgIpc) is 2.65. The zero-order valence-electron chi connectivity index (χ0n) is 15.1. The molecule has 0 aliphatic rings. The van der Waals surface area contributed by atoms with Gasteiger partial charge in [0.2, 0.25) is 0 Å². The fourth-order valence-electron chi connectivity index (χ4n) is 2.57. The molecule has 1 aromatic heterocycles. The minimum atomic E-state index is -0.457. The van der Waals surface area contributed by atoms with Crippen LogP contribution in [0.2, 0.25) is 5.02 Å². The number of halogens is 2. The SMILES string of the molecule is COc1ccc(CCNc2cc(Nc3ccc(F)c(Cl)c3)nc(C)n2)cc1. The van der Waals surface area contributed by atoms with Crippen LogP contribution in [0.15, 0.2) is 48.5 Å². The number of benzene rings is 2. The molecule has 2 aromatic carbocycles. The number of nitrogens with one attached hydrogen (secondary N) is 2. The monoisotopic (exact) mass is 386 g/mol. The lowest BCUT2D eigenvalue weighted by molar-refractivity contribution is 0.414. The molecule has 7 heteroatoms. The molecule has 3 aromatic rings. The van der Waals surface area contributed by atoms with Gasteiger partial charge in [-0.05, 0) is 49.2 Å². The second-order valence-electron chi connectivity index (χ2n) is 5.96. The Morgan fingerprint density at radius 2 is 1.78 bits per heavy atom. The highest BCUT2D eigenvalue weighted by atomic mass is 35.5. The van der Waals surface area contributed by atoms with Gasteiger partial charge in [0.05, 0.1) is 12.1 Å². The van der Waals surface area contributed by atoms with E-state index in [9.17, 15) is 4.39 Å². The number of hydrogen-bond acceptors (Lipinski definition) is 5. The zero-order valence-corrected chi connectivity index (χ0v) is 15.8. The highest BCUT2D eigenvalue weighted by molar-refractivity contribution is 6.31. The van der Waals surface area contributed by atoms with Gasteiger partial charge in [0.1, 0.15) is 29.0 Å². The number of anilines is 3. The summed E-state index contributed by atoms with van der Waals surface area (Å²) in [5, 5.41) is 6.48. The Hall–Kier alpha value is -2.86. The molecule has 0 saturated heterocycles. The second kappa shape index (κ2) is 8.68. The van der Waals surface area contributed by atoms with E-state index in [1.54, 1.807) is 19.2 Å². The highest BCUT2D eigenvalue weighted by Crippen LogP contribution is 2.23. The molecule has 3 rings (SSSR count). The Kier molecular flexibility index (Phi) is 6.08. The Bertz CT molecular complexity index is 918. The third kappa shape index (κ3) is 5.31. The van der Waals surface area contributed by atoms with Crippen molar-refractivity contribution in [1.29, 1.82) is 0 Å². The molecule has 0 unspecified atom stereocenters. The van der Waals surface area contributed by atoms with E-state index < -0.39 is 5.82 Å². The summed E-state index contributed by atoms with van der Waals surface area (Å²) in [6.45, 7) is 2.54. The van der Waals surface area contributed by atoms with E-state index in [1.807, 2.05) is 31.2 Å². The Labute approximate surface area is 162 Å². The molecule has 2 N–H and O–H groups in total. The van der Waals surface area contributed by atoms with Crippen molar-refractivity contribution in [2.24, 2.45) is 0 Å². The first kappa shape index (κ1) is 18.9. The predicted octanol–water partition coefficient (Wildman–Crippen LogP) is 4.98. The zero-order chi connectivity index (χ0) is 19.2. The molecule has 0 aliphatic heterocycles. The molecule has 0 saturated carbocycles. The third-order valence-electron chi connectivity index (χ3n) is 3.91. The van der Waals surface area contributed by atoms with Crippen molar-refractivity contribution in [3.63, 3.8) is 0 Å². The summed E-state index contributed by atoms with van der Waals surface area (Å²) in [6, 6.07) is 14.2. The first-order valence-corrected chi connectivity index (χ1v) is 8.86. The minimum Gasteiger partial charge on any atom is -0.497 e. The molecule has 27 heavy (non-hydrogen) atoms. The van der Waals surface area contributed by atoms with E-state index in [2.05, 4.69) is 20.6 Å². The largest absolute Gasteiger partial charge is 0.497 e. The Morgan fingerprint density at radius 1 is 1.04 bits per heavy atom. The molecule has 0 fully saturated rings. The Balaban J connectivity index is 1.62. The standard InChI is InChI=1S/C20H20ClFN4O/c1-13-24-19(23-10-9-14-3-6-16(27-2)7-4-14)12-20(25-13)26-15-5-8-18(22)17(21)11-15/h3-8,11-12H,9-10H2,1-2H3,(H2,23,24,25,26). The van der Waals surface area contributed by atoms with Gasteiger partial charge in [-0.3, -0.25) is 0 Å². The van der Waals surface area contributed by atoms with E-state index in [0.29, 0.717) is 23.1 Å². The quantitative estimate of drug-likeness (QED) is 0.599. The van der Waals surface area contributed by atoms with Crippen LogP contribution in [0.3, 0.4) is 0 Å². The summed E-state index contributed by atoms with van der Waals surface area (Å²) >= 11 is 5.82. The maximum atomic E-state index is 13.3. The van der Waals surface area contributed by atoms with Gasteiger partial charge in [0.15, 0.2) is 0 Å². The van der Waals surface area contributed by atoms with Crippen molar-refractivity contribution in [2.75, 3.05) is 24.3 Å². The van der Waals surface area contributed by atoms with Crippen LogP contribution in [-0.4, -0.2) is 23.6 Å². The lowest BCUT2D eigenvalue weighted by atomic mass is 10.1. The van der Waals surface area contributed by atoms with Gasteiger partial charge >= 0.3 is 0 Å². The minimum absolute atomic E-state index is 0.0589. The Morgan fingerprint density at radius 3 is 2.48 bits per heavy atom. The number of ether oxygens (including phenoxy) is 1.